The molecule has 0 bridgehead atoms. The quantitative estimate of drug-likeness (QED) is 0.828. The summed E-state index contributed by atoms with van der Waals surface area (Å²) in [4.78, 5) is 25.8. The number of carbonyl (C=O) groups is 2. The van der Waals surface area contributed by atoms with E-state index in [1.54, 1.807) is 4.90 Å². The van der Waals surface area contributed by atoms with Gasteiger partial charge in [-0.25, -0.2) is 4.68 Å². The number of nitrogens with zero attached hydrogens (tertiary/aromatic N) is 3. The lowest BCUT2D eigenvalue weighted by Gasteiger charge is -2.23. The van der Waals surface area contributed by atoms with Gasteiger partial charge in [-0.15, -0.1) is 0 Å². The second kappa shape index (κ2) is 7.72. The number of rotatable bonds is 7. The fourth-order valence-electron chi connectivity index (χ4n) is 3.49. The van der Waals surface area contributed by atoms with Crippen LogP contribution >= 0.6 is 0 Å². The van der Waals surface area contributed by atoms with Crippen LogP contribution < -0.4 is 0 Å². The summed E-state index contributed by atoms with van der Waals surface area (Å²) in [7, 11) is 0. The lowest BCUT2D eigenvalue weighted by molar-refractivity contribution is -0.137. The molecule has 138 valence electrons. The average Bonchev–Trinajstić information content (AvgIpc) is 3.20. The van der Waals surface area contributed by atoms with Crippen LogP contribution in [-0.2, 0) is 17.6 Å². The van der Waals surface area contributed by atoms with Gasteiger partial charge < -0.3 is 10.0 Å². The Bertz CT molecular complexity index is 796. The van der Waals surface area contributed by atoms with Crippen LogP contribution in [0.2, 0.25) is 0 Å². The Morgan fingerprint density at radius 2 is 1.96 bits per heavy atom. The number of amides is 1. The van der Waals surface area contributed by atoms with Gasteiger partial charge in [0.15, 0.2) is 5.69 Å². The van der Waals surface area contributed by atoms with Gasteiger partial charge in [-0.05, 0) is 37.3 Å². The van der Waals surface area contributed by atoms with Crippen molar-refractivity contribution >= 4 is 11.9 Å². The first kappa shape index (κ1) is 18.2. The standard InChI is InChI=1S/C20H25N3O3/c1-14(2)13-22(12-11-18(24)25)20(26)19-16-9-6-10-17(16)23(21-19)15-7-4-3-5-8-15/h3-5,7-8,14H,6,9-13H2,1-2H3,(H,24,25). The maximum atomic E-state index is 13.2. The van der Waals surface area contributed by atoms with E-state index in [0.717, 1.165) is 36.2 Å². The summed E-state index contributed by atoms with van der Waals surface area (Å²) in [6, 6.07) is 9.83. The number of para-hydroxylation sites is 1. The van der Waals surface area contributed by atoms with Crippen LogP contribution in [0.5, 0.6) is 0 Å². The van der Waals surface area contributed by atoms with Crippen LogP contribution in [0, 0.1) is 5.92 Å². The number of aromatic nitrogens is 2. The highest BCUT2D eigenvalue weighted by Crippen LogP contribution is 2.28. The number of hydrogen-bond acceptors (Lipinski definition) is 3. The van der Waals surface area contributed by atoms with Gasteiger partial charge in [0.1, 0.15) is 0 Å². The molecular weight excluding hydrogens is 330 g/mol. The normalized spacial score (nSPS) is 13.0. The van der Waals surface area contributed by atoms with Gasteiger partial charge in [-0.2, -0.15) is 5.10 Å². The molecule has 0 atom stereocenters. The van der Waals surface area contributed by atoms with Gasteiger partial charge in [0.2, 0.25) is 0 Å². The van der Waals surface area contributed by atoms with Crippen LogP contribution in [0.3, 0.4) is 0 Å². The maximum Gasteiger partial charge on any atom is 0.305 e. The molecule has 1 N–H and O–H groups in total. The Hall–Kier alpha value is -2.63. The zero-order chi connectivity index (χ0) is 18.7. The number of carboxylic acids is 1. The molecule has 0 aliphatic heterocycles. The molecular formula is C20H25N3O3. The molecule has 1 heterocycles. The van der Waals surface area contributed by atoms with E-state index in [1.165, 1.54) is 0 Å². The van der Waals surface area contributed by atoms with E-state index in [2.05, 4.69) is 5.10 Å². The van der Waals surface area contributed by atoms with Gasteiger partial charge in [0.05, 0.1) is 12.1 Å². The molecule has 0 spiro atoms. The molecule has 3 rings (SSSR count). The summed E-state index contributed by atoms with van der Waals surface area (Å²) in [6.07, 6.45) is 2.71. The van der Waals surface area contributed by atoms with Gasteiger partial charge in [0.25, 0.3) is 5.91 Å². The first-order valence-corrected chi connectivity index (χ1v) is 9.14. The Balaban J connectivity index is 1.94. The van der Waals surface area contributed by atoms with Gasteiger partial charge in [-0.1, -0.05) is 32.0 Å². The summed E-state index contributed by atoms with van der Waals surface area (Å²) in [5, 5.41) is 13.6. The first-order chi connectivity index (χ1) is 12.5. The Morgan fingerprint density at radius 1 is 1.23 bits per heavy atom. The Kier molecular flexibility index (Phi) is 5.40. The second-order valence-electron chi connectivity index (χ2n) is 7.16. The molecule has 26 heavy (non-hydrogen) atoms. The molecule has 2 aromatic rings. The SMILES string of the molecule is CC(C)CN(CCC(=O)O)C(=O)c1nn(-c2ccccc2)c2c1CCC2. The number of benzene rings is 1. The van der Waals surface area contributed by atoms with E-state index in [-0.39, 0.29) is 24.8 Å². The molecule has 1 amide bonds. The molecule has 1 aromatic heterocycles. The van der Waals surface area contributed by atoms with Gasteiger partial charge >= 0.3 is 5.97 Å². The molecule has 1 aliphatic rings. The van der Waals surface area contributed by atoms with E-state index in [0.29, 0.717) is 12.2 Å². The van der Waals surface area contributed by atoms with Crippen LogP contribution in [0.4, 0.5) is 0 Å². The van der Waals surface area contributed by atoms with Crippen molar-refractivity contribution in [1.29, 1.82) is 0 Å². The van der Waals surface area contributed by atoms with Gasteiger partial charge in [-0.3, -0.25) is 9.59 Å². The van der Waals surface area contributed by atoms with Crippen LogP contribution in [0.25, 0.3) is 5.69 Å². The summed E-state index contributed by atoms with van der Waals surface area (Å²) >= 11 is 0. The topological polar surface area (TPSA) is 75.4 Å². The van der Waals surface area contributed by atoms with Crippen molar-refractivity contribution in [2.24, 2.45) is 5.92 Å². The minimum absolute atomic E-state index is 0.0555. The molecule has 0 unspecified atom stereocenters. The smallest absolute Gasteiger partial charge is 0.305 e. The minimum atomic E-state index is -0.897. The predicted octanol–water partition coefficient (Wildman–Crippen LogP) is 2.93. The molecule has 1 aromatic carbocycles. The lowest BCUT2D eigenvalue weighted by atomic mass is 10.1. The average molecular weight is 355 g/mol. The first-order valence-electron chi connectivity index (χ1n) is 9.14. The highest BCUT2D eigenvalue weighted by atomic mass is 16.4. The van der Waals surface area contributed by atoms with Crippen molar-refractivity contribution in [2.75, 3.05) is 13.1 Å². The zero-order valence-electron chi connectivity index (χ0n) is 15.3. The molecule has 0 saturated carbocycles. The predicted molar refractivity (Wildman–Crippen MR) is 98.6 cm³/mol. The third-order valence-corrected chi connectivity index (χ3v) is 4.60. The lowest BCUT2D eigenvalue weighted by Crippen LogP contribution is -2.36. The number of carboxylic acid groups (broad SMARTS) is 1. The molecule has 0 fully saturated rings. The van der Waals surface area contributed by atoms with Gasteiger partial charge in [0, 0.05) is 24.3 Å². The Morgan fingerprint density at radius 3 is 2.62 bits per heavy atom. The highest BCUT2D eigenvalue weighted by Gasteiger charge is 2.29. The van der Waals surface area contributed by atoms with E-state index in [4.69, 9.17) is 5.11 Å². The maximum absolute atomic E-state index is 13.2. The molecule has 6 heteroatoms. The summed E-state index contributed by atoms with van der Waals surface area (Å²) in [6.45, 7) is 4.78. The summed E-state index contributed by atoms with van der Waals surface area (Å²) < 4.78 is 1.88. The van der Waals surface area contributed by atoms with Crippen molar-refractivity contribution < 1.29 is 14.7 Å². The zero-order valence-corrected chi connectivity index (χ0v) is 15.3. The molecule has 0 saturated heterocycles. The minimum Gasteiger partial charge on any atom is -0.481 e. The van der Waals surface area contributed by atoms with Crippen LogP contribution in [-0.4, -0.2) is 44.8 Å². The van der Waals surface area contributed by atoms with Crippen molar-refractivity contribution in [2.45, 2.75) is 39.5 Å². The fraction of sp³-hybridized carbons (Fsp3) is 0.450. The number of aliphatic carboxylic acids is 1. The third-order valence-electron chi connectivity index (χ3n) is 4.60. The van der Waals surface area contributed by atoms with Crippen molar-refractivity contribution in [1.82, 2.24) is 14.7 Å². The summed E-state index contributed by atoms with van der Waals surface area (Å²) in [5.41, 5.74) is 3.54. The molecule has 6 nitrogen and oxygen atoms in total. The third kappa shape index (κ3) is 3.79. The van der Waals surface area contributed by atoms with Crippen molar-refractivity contribution in [3.63, 3.8) is 0 Å². The van der Waals surface area contributed by atoms with Crippen molar-refractivity contribution in [3.05, 3.63) is 47.3 Å². The van der Waals surface area contributed by atoms with E-state index in [9.17, 15) is 9.59 Å². The fourth-order valence-corrected chi connectivity index (χ4v) is 3.49. The largest absolute Gasteiger partial charge is 0.481 e. The van der Waals surface area contributed by atoms with Crippen molar-refractivity contribution in [3.8, 4) is 5.69 Å². The molecule has 1 aliphatic carbocycles. The Labute approximate surface area is 153 Å². The number of carbonyl (C=O) groups excluding carboxylic acids is 1. The van der Waals surface area contributed by atoms with E-state index < -0.39 is 5.97 Å². The van der Waals surface area contributed by atoms with Crippen LogP contribution in [0.15, 0.2) is 30.3 Å². The summed E-state index contributed by atoms with van der Waals surface area (Å²) in [5.74, 6) is -0.795. The number of fused-ring (bicyclic) bond motifs is 1. The second-order valence-corrected chi connectivity index (χ2v) is 7.16. The van der Waals surface area contributed by atoms with Crippen LogP contribution in [0.1, 0.15) is 48.4 Å². The monoisotopic (exact) mass is 355 g/mol. The van der Waals surface area contributed by atoms with E-state index >= 15 is 0 Å². The number of hydrogen-bond donors (Lipinski definition) is 1. The highest BCUT2D eigenvalue weighted by molar-refractivity contribution is 5.94. The van der Waals surface area contributed by atoms with E-state index in [1.807, 2.05) is 48.9 Å². The molecule has 0 radical (unpaired) electrons.